The van der Waals surface area contributed by atoms with Gasteiger partial charge in [0.2, 0.25) is 5.91 Å². The summed E-state index contributed by atoms with van der Waals surface area (Å²) in [6, 6.07) is 7.04. The predicted octanol–water partition coefficient (Wildman–Crippen LogP) is 2.84. The third-order valence-electron chi connectivity index (χ3n) is 4.52. The highest BCUT2D eigenvalue weighted by Crippen LogP contribution is 2.21. The van der Waals surface area contributed by atoms with E-state index in [9.17, 15) is 14.9 Å². The Balaban J connectivity index is 2.31. The Kier molecular flexibility index (Phi) is 7.47. The Morgan fingerprint density at radius 3 is 2.82 bits per heavy atom. The monoisotopic (exact) mass is 422 g/mol. The van der Waals surface area contributed by atoms with E-state index in [4.69, 9.17) is 16.3 Å². The quantitative estimate of drug-likeness (QED) is 0.519. The van der Waals surface area contributed by atoms with Gasteiger partial charge in [-0.15, -0.1) is 0 Å². The van der Waals surface area contributed by atoms with Gasteiger partial charge in [-0.25, -0.2) is 4.98 Å². The number of thioether (sulfide) groups is 1. The van der Waals surface area contributed by atoms with Crippen molar-refractivity contribution in [1.82, 2.24) is 14.9 Å². The highest BCUT2D eigenvalue weighted by atomic mass is 35.5. The van der Waals surface area contributed by atoms with Crippen LogP contribution in [0.2, 0.25) is 5.02 Å². The molecule has 1 aromatic heterocycles. The Hall–Kier alpha value is -2.08. The fourth-order valence-electron chi connectivity index (χ4n) is 2.42. The highest BCUT2D eigenvalue weighted by molar-refractivity contribution is 7.99. The number of carbonyl (C=O) groups excluding carboxylic acids is 1. The summed E-state index contributed by atoms with van der Waals surface area (Å²) in [5.41, 5.74) is -0.707. The molecule has 9 heteroatoms. The summed E-state index contributed by atoms with van der Waals surface area (Å²) >= 11 is 7.16. The van der Waals surface area contributed by atoms with E-state index < -0.39 is 5.54 Å². The fraction of sp³-hybridized carbons (Fsp3) is 0.474. The van der Waals surface area contributed by atoms with Crippen LogP contribution in [0.15, 0.2) is 28.2 Å². The second-order valence-electron chi connectivity index (χ2n) is 6.81. The second-order valence-corrected chi connectivity index (χ2v) is 8.19. The van der Waals surface area contributed by atoms with Gasteiger partial charge < -0.3 is 10.1 Å². The van der Waals surface area contributed by atoms with Crippen molar-refractivity contribution in [3.63, 3.8) is 0 Å². The van der Waals surface area contributed by atoms with E-state index in [-0.39, 0.29) is 23.1 Å². The maximum absolute atomic E-state index is 12.8. The summed E-state index contributed by atoms with van der Waals surface area (Å²) in [6.45, 7) is 6.07. The number of nitriles is 1. The van der Waals surface area contributed by atoms with Gasteiger partial charge in [0.1, 0.15) is 5.54 Å². The number of rotatable bonds is 8. The Labute approximate surface area is 173 Å². The van der Waals surface area contributed by atoms with Crippen molar-refractivity contribution in [3.8, 4) is 6.07 Å². The van der Waals surface area contributed by atoms with Crippen LogP contribution < -0.4 is 10.9 Å². The number of nitrogens with zero attached hydrogens (tertiary/aromatic N) is 3. The maximum atomic E-state index is 12.8. The molecule has 0 fully saturated rings. The molecular formula is C19H23ClN4O3S. The van der Waals surface area contributed by atoms with E-state index in [0.29, 0.717) is 34.2 Å². The summed E-state index contributed by atoms with van der Waals surface area (Å²) in [4.78, 5) is 29.7. The van der Waals surface area contributed by atoms with E-state index in [1.807, 2.05) is 13.8 Å². The van der Waals surface area contributed by atoms with Gasteiger partial charge in [-0.05, 0) is 31.0 Å². The number of methoxy groups -OCH3 is 1. The van der Waals surface area contributed by atoms with Gasteiger partial charge in [0.05, 0.1) is 35.9 Å². The van der Waals surface area contributed by atoms with Gasteiger partial charge in [0, 0.05) is 12.1 Å². The topological polar surface area (TPSA) is 97.0 Å². The molecule has 1 aromatic carbocycles. The Morgan fingerprint density at radius 1 is 1.50 bits per heavy atom. The van der Waals surface area contributed by atoms with Gasteiger partial charge in [0.25, 0.3) is 5.56 Å². The molecule has 0 saturated carbocycles. The lowest BCUT2D eigenvalue weighted by Crippen LogP contribution is -2.49. The van der Waals surface area contributed by atoms with Crippen molar-refractivity contribution < 1.29 is 9.53 Å². The van der Waals surface area contributed by atoms with Crippen molar-refractivity contribution in [2.24, 2.45) is 5.92 Å². The molecule has 28 heavy (non-hydrogen) atoms. The van der Waals surface area contributed by atoms with Crippen molar-refractivity contribution in [1.29, 1.82) is 5.26 Å². The van der Waals surface area contributed by atoms with Crippen LogP contribution in [0.4, 0.5) is 0 Å². The number of halogens is 1. The normalized spacial score (nSPS) is 13.3. The average molecular weight is 423 g/mol. The molecule has 2 rings (SSSR count). The SMILES string of the molecule is COCCn1c(SCC(=O)N[C@@](C)(C#N)C(C)C)nc2cc(Cl)ccc2c1=O. The van der Waals surface area contributed by atoms with Crippen LogP contribution in [0.5, 0.6) is 0 Å². The summed E-state index contributed by atoms with van der Waals surface area (Å²) in [7, 11) is 1.55. The van der Waals surface area contributed by atoms with Gasteiger partial charge in [-0.2, -0.15) is 5.26 Å². The molecule has 0 aliphatic carbocycles. The summed E-state index contributed by atoms with van der Waals surface area (Å²) < 4.78 is 6.58. The van der Waals surface area contributed by atoms with Crippen LogP contribution in [-0.2, 0) is 16.1 Å². The Bertz CT molecular complexity index is 970. The third kappa shape index (κ3) is 5.04. The molecule has 0 aliphatic rings. The summed E-state index contributed by atoms with van der Waals surface area (Å²) in [5, 5.41) is 13.4. The zero-order chi connectivity index (χ0) is 20.9. The molecule has 7 nitrogen and oxygen atoms in total. The molecule has 1 N–H and O–H groups in total. The molecule has 0 saturated heterocycles. The van der Waals surface area contributed by atoms with Crippen LogP contribution >= 0.6 is 23.4 Å². The van der Waals surface area contributed by atoms with Crippen molar-refractivity contribution in [2.45, 2.75) is 38.0 Å². The second kappa shape index (κ2) is 9.41. The van der Waals surface area contributed by atoms with E-state index in [1.54, 1.807) is 32.2 Å². The third-order valence-corrected chi connectivity index (χ3v) is 5.73. The van der Waals surface area contributed by atoms with E-state index in [2.05, 4.69) is 16.4 Å². The molecule has 0 radical (unpaired) electrons. The zero-order valence-corrected chi connectivity index (χ0v) is 17.9. The van der Waals surface area contributed by atoms with E-state index >= 15 is 0 Å². The number of carbonyl (C=O) groups is 1. The first-order valence-corrected chi connectivity index (χ1v) is 10.1. The minimum Gasteiger partial charge on any atom is -0.383 e. The molecule has 0 spiro atoms. The smallest absolute Gasteiger partial charge is 0.262 e. The first kappa shape index (κ1) is 22.2. The first-order chi connectivity index (χ1) is 13.2. The molecule has 150 valence electrons. The number of amides is 1. The number of aromatic nitrogens is 2. The lowest BCUT2D eigenvalue weighted by molar-refractivity contribution is -0.120. The number of benzene rings is 1. The number of nitrogens with one attached hydrogen (secondary N) is 1. The van der Waals surface area contributed by atoms with Crippen LogP contribution in [0.25, 0.3) is 10.9 Å². The molecule has 1 atom stereocenters. The molecule has 0 unspecified atom stereocenters. The molecule has 2 aromatic rings. The van der Waals surface area contributed by atoms with Crippen molar-refractivity contribution in [3.05, 3.63) is 33.6 Å². The van der Waals surface area contributed by atoms with Crippen LogP contribution in [0.3, 0.4) is 0 Å². The lowest BCUT2D eigenvalue weighted by atomic mass is 9.90. The van der Waals surface area contributed by atoms with E-state index in [0.717, 1.165) is 11.8 Å². The zero-order valence-electron chi connectivity index (χ0n) is 16.3. The summed E-state index contributed by atoms with van der Waals surface area (Å²) in [5.74, 6) is -0.330. The molecule has 1 heterocycles. The number of ether oxygens (including phenoxy) is 1. The Morgan fingerprint density at radius 2 is 2.21 bits per heavy atom. The molecule has 0 aliphatic heterocycles. The van der Waals surface area contributed by atoms with Gasteiger partial charge in [0.15, 0.2) is 5.16 Å². The van der Waals surface area contributed by atoms with Crippen LogP contribution in [0.1, 0.15) is 20.8 Å². The van der Waals surface area contributed by atoms with Gasteiger partial charge in [-0.3, -0.25) is 14.2 Å². The standard InChI is InChI=1S/C19H23ClN4O3S/c1-12(2)19(3,11-21)23-16(25)10-28-18-22-15-9-13(20)5-6-14(15)17(26)24(18)7-8-27-4/h5-6,9,12H,7-8,10H2,1-4H3,(H,23,25)/t19-/m0/s1. The van der Waals surface area contributed by atoms with Crippen molar-refractivity contribution >= 4 is 40.2 Å². The number of hydrogen-bond acceptors (Lipinski definition) is 6. The van der Waals surface area contributed by atoms with Gasteiger partial charge in [-0.1, -0.05) is 37.2 Å². The fourth-order valence-corrected chi connectivity index (χ4v) is 3.41. The molecular weight excluding hydrogens is 400 g/mol. The van der Waals surface area contributed by atoms with Crippen molar-refractivity contribution in [2.75, 3.05) is 19.5 Å². The minimum absolute atomic E-state index is 0.0233. The maximum Gasteiger partial charge on any atom is 0.262 e. The summed E-state index contributed by atoms with van der Waals surface area (Å²) in [6.07, 6.45) is 0. The average Bonchev–Trinajstić information content (AvgIpc) is 2.65. The number of fused-ring (bicyclic) bond motifs is 1. The molecule has 0 bridgehead atoms. The predicted molar refractivity (Wildman–Crippen MR) is 111 cm³/mol. The number of hydrogen-bond donors (Lipinski definition) is 1. The highest BCUT2D eigenvalue weighted by Gasteiger charge is 2.30. The largest absolute Gasteiger partial charge is 0.383 e. The van der Waals surface area contributed by atoms with E-state index in [1.165, 1.54) is 4.57 Å². The molecule has 1 amide bonds. The van der Waals surface area contributed by atoms with Crippen LogP contribution in [0, 0.1) is 17.2 Å². The first-order valence-electron chi connectivity index (χ1n) is 8.76. The minimum atomic E-state index is -0.961. The van der Waals surface area contributed by atoms with Crippen LogP contribution in [-0.4, -0.2) is 40.5 Å². The van der Waals surface area contributed by atoms with Gasteiger partial charge >= 0.3 is 0 Å². The lowest BCUT2D eigenvalue weighted by Gasteiger charge is -2.27.